The van der Waals surface area contributed by atoms with Crippen molar-refractivity contribution in [2.75, 3.05) is 31.1 Å². The lowest BCUT2D eigenvalue weighted by Crippen LogP contribution is -2.37. The molecule has 0 saturated carbocycles. The molecule has 0 amide bonds. The van der Waals surface area contributed by atoms with Gasteiger partial charge in [0.2, 0.25) is 0 Å². The summed E-state index contributed by atoms with van der Waals surface area (Å²) in [5.74, 6) is 1.40. The molecule has 0 aromatic heterocycles. The highest BCUT2D eigenvalue weighted by molar-refractivity contribution is 6.36. The van der Waals surface area contributed by atoms with Crippen molar-refractivity contribution in [2.45, 2.75) is 24.8 Å². The molecule has 1 fully saturated rings. The average molecular weight is 453 g/mol. The summed E-state index contributed by atoms with van der Waals surface area (Å²) < 4.78 is 6.05. The van der Waals surface area contributed by atoms with Gasteiger partial charge in [0, 0.05) is 33.3 Å². The summed E-state index contributed by atoms with van der Waals surface area (Å²) in [6.07, 6.45) is 2.24. The van der Waals surface area contributed by atoms with Crippen LogP contribution in [-0.4, -0.2) is 32.3 Å². The Labute approximate surface area is 193 Å². The lowest BCUT2D eigenvalue weighted by atomic mass is 9.86. The first-order valence-corrected chi connectivity index (χ1v) is 11.7. The van der Waals surface area contributed by atoms with Gasteiger partial charge in [-0.05, 0) is 67.4 Å². The van der Waals surface area contributed by atoms with Crippen LogP contribution in [0.25, 0.3) is 11.1 Å². The van der Waals surface area contributed by atoms with Crippen LogP contribution < -0.4 is 15.0 Å². The van der Waals surface area contributed by atoms with Gasteiger partial charge in [0.15, 0.2) is 0 Å². The average Bonchev–Trinajstić information content (AvgIpc) is 2.91. The van der Waals surface area contributed by atoms with Gasteiger partial charge in [-0.1, -0.05) is 59.6 Å². The number of nitrogens with one attached hydrogen (secondary N) is 1. The van der Waals surface area contributed by atoms with Crippen molar-refractivity contribution >= 4 is 28.9 Å². The van der Waals surface area contributed by atoms with Crippen molar-refractivity contribution in [1.29, 1.82) is 0 Å². The molecular weight excluding hydrogens is 427 g/mol. The largest absolute Gasteiger partial charge is 0.492 e. The Kier molecular flexibility index (Phi) is 6.08. The first-order chi connectivity index (χ1) is 15.2. The third-order valence-electron chi connectivity index (χ3n) is 6.44. The summed E-state index contributed by atoms with van der Waals surface area (Å²) >= 11 is 12.8. The van der Waals surface area contributed by atoms with Crippen LogP contribution in [0.3, 0.4) is 0 Å². The summed E-state index contributed by atoms with van der Waals surface area (Å²) in [5, 5.41) is 4.95. The minimum absolute atomic E-state index is 0.469. The predicted molar refractivity (Wildman–Crippen MR) is 130 cm³/mol. The molecule has 160 valence electrons. The highest BCUT2D eigenvalue weighted by Gasteiger charge is 2.40. The quantitative estimate of drug-likeness (QED) is 0.484. The number of anilines is 1. The molecular formula is C26H26Cl2N2O. The minimum Gasteiger partial charge on any atom is -0.492 e. The van der Waals surface area contributed by atoms with E-state index in [1.54, 1.807) is 0 Å². The highest BCUT2D eigenvalue weighted by Crippen LogP contribution is 2.49. The lowest BCUT2D eigenvalue weighted by molar-refractivity contribution is 0.317. The minimum atomic E-state index is 0.469. The van der Waals surface area contributed by atoms with Crippen LogP contribution >= 0.6 is 23.2 Å². The molecule has 0 radical (unpaired) electrons. The Balaban J connectivity index is 1.49. The van der Waals surface area contributed by atoms with Gasteiger partial charge in [-0.15, -0.1) is 0 Å². The van der Waals surface area contributed by atoms with Crippen LogP contribution in [0.1, 0.15) is 24.3 Å². The van der Waals surface area contributed by atoms with Crippen molar-refractivity contribution < 1.29 is 4.74 Å². The van der Waals surface area contributed by atoms with E-state index in [1.807, 2.05) is 48.5 Å². The standard InChI is InChI=1S/C26H26Cl2N2O/c27-18-9-10-20(23(28)17-18)21-7-4-8-25-26(21)22-11-13-29-14-12-24(22)30(25)15-16-31-19-5-2-1-3-6-19/h1-10,17,22,24,29H,11-16H2/t22-,24-/m0/s1. The summed E-state index contributed by atoms with van der Waals surface area (Å²) in [6, 6.07) is 22.9. The number of ether oxygens (including phenoxy) is 1. The summed E-state index contributed by atoms with van der Waals surface area (Å²) in [5.41, 5.74) is 5.01. The number of hydrogen-bond acceptors (Lipinski definition) is 3. The van der Waals surface area contributed by atoms with Gasteiger partial charge in [0.05, 0.1) is 6.54 Å². The Bertz CT molecular complexity index is 1060. The van der Waals surface area contributed by atoms with E-state index in [0.29, 0.717) is 28.6 Å². The number of para-hydroxylation sites is 1. The number of fused-ring (bicyclic) bond motifs is 3. The summed E-state index contributed by atoms with van der Waals surface area (Å²) in [4.78, 5) is 2.56. The molecule has 0 aliphatic carbocycles. The number of rotatable bonds is 5. The fourth-order valence-corrected chi connectivity index (χ4v) is 5.63. The summed E-state index contributed by atoms with van der Waals surface area (Å²) in [7, 11) is 0. The molecule has 31 heavy (non-hydrogen) atoms. The SMILES string of the molecule is Clc1ccc(-c2cccc3c2[C@H]2CCNCC[C@@H]2N3CCOc2ccccc2)c(Cl)c1. The molecule has 2 aliphatic heterocycles. The highest BCUT2D eigenvalue weighted by atomic mass is 35.5. The number of halogens is 2. The van der Waals surface area contributed by atoms with Crippen LogP contribution in [0, 0.1) is 0 Å². The normalized spacial score (nSPS) is 20.1. The number of hydrogen-bond donors (Lipinski definition) is 1. The van der Waals surface area contributed by atoms with E-state index >= 15 is 0 Å². The van der Waals surface area contributed by atoms with Gasteiger partial charge in [0.1, 0.15) is 12.4 Å². The third kappa shape index (κ3) is 4.15. The molecule has 3 aromatic carbocycles. The molecule has 5 heteroatoms. The molecule has 2 aliphatic rings. The molecule has 1 saturated heterocycles. The van der Waals surface area contributed by atoms with E-state index in [-0.39, 0.29) is 0 Å². The van der Waals surface area contributed by atoms with Crippen molar-refractivity contribution in [3.05, 3.63) is 82.3 Å². The predicted octanol–water partition coefficient (Wildman–Crippen LogP) is 6.40. The third-order valence-corrected chi connectivity index (χ3v) is 6.99. The second kappa shape index (κ2) is 9.12. The van der Waals surface area contributed by atoms with Crippen molar-refractivity contribution in [3.63, 3.8) is 0 Å². The second-order valence-corrected chi connectivity index (χ2v) is 9.06. The molecule has 2 atom stereocenters. The second-order valence-electron chi connectivity index (χ2n) is 8.22. The Morgan fingerprint density at radius 3 is 2.58 bits per heavy atom. The van der Waals surface area contributed by atoms with E-state index in [1.165, 1.54) is 16.8 Å². The molecule has 0 unspecified atom stereocenters. The van der Waals surface area contributed by atoms with Gasteiger partial charge in [-0.2, -0.15) is 0 Å². The Hall–Kier alpha value is -2.20. The smallest absolute Gasteiger partial charge is 0.119 e. The molecule has 3 aromatic rings. The molecule has 1 N–H and O–H groups in total. The van der Waals surface area contributed by atoms with Crippen molar-refractivity contribution in [2.24, 2.45) is 0 Å². The van der Waals surface area contributed by atoms with Crippen molar-refractivity contribution in [1.82, 2.24) is 5.32 Å². The number of benzene rings is 3. The first kappa shape index (κ1) is 20.7. The molecule has 5 rings (SSSR count). The van der Waals surface area contributed by atoms with E-state index in [0.717, 1.165) is 43.8 Å². The van der Waals surface area contributed by atoms with Crippen LogP contribution in [0.5, 0.6) is 5.75 Å². The van der Waals surface area contributed by atoms with Gasteiger partial charge < -0.3 is 15.0 Å². The van der Waals surface area contributed by atoms with Gasteiger partial charge >= 0.3 is 0 Å². The maximum Gasteiger partial charge on any atom is 0.119 e. The van der Waals surface area contributed by atoms with Gasteiger partial charge in [-0.3, -0.25) is 0 Å². The fraction of sp³-hybridized carbons (Fsp3) is 0.308. The Morgan fingerprint density at radius 1 is 0.903 bits per heavy atom. The van der Waals surface area contributed by atoms with E-state index in [4.69, 9.17) is 27.9 Å². The molecule has 2 heterocycles. The fourth-order valence-electron chi connectivity index (χ4n) is 5.12. The maximum atomic E-state index is 6.63. The number of nitrogens with zero attached hydrogens (tertiary/aromatic N) is 1. The monoisotopic (exact) mass is 452 g/mol. The van der Waals surface area contributed by atoms with Crippen LogP contribution in [0.15, 0.2) is 66.7 Å². The molecule has 0 bridgehead atoms. The van der Waals surface area contributed by atoms with E-state index < -0.39 is 0 Å². The van der Waals surface area contributed by atoms with Gasteiger partial charge in [-0.25, -0.2) is 0 Å². The zero-order valence-electron chi connectivity index (χ0n) is 17.4. The summed E-state index contributed by atoms with van der Waals surface area (Å²) in [6.45, 7) is 3.60. The van der Waals surface area contributed by atoms with Crippen LogP contribution in [0.2, 0.25) is 10.0 Å². The van der Waals surface area contributed by atoms with E-state index in [2.05, 4.69) is 28.4 Å². The van der Waals surface area contributed by atoms with Crippen LogP contribution in [0.4, 0.5) is 5.69 Å². The first-order valence-electron chi connectivity index (χ1n) is 11.0. The topological polar surface area (TPSA) is 24.5 Å². The van der Waals surface area contributed by atoms with E-state index in [9.17, 15) is 0 Å². The molecule has 0 spiro atoms. The lowest BCUT2D eigenvalue weighted by Gasteiger charge is -2.29. The van der Waals surface area contributed by atoms with Crippen molar-refractivity contribution in [3.8, 4) is 16.9 Å². The zero-order valence-corrected chi connectivity index (χ0v) is 18.9. The van der Waals surface area contributed by atoms with Gasteiger partial charge in [0.25, 0.3) is 0 Å². The Morgan fingerprint density at radius 2 is 1.74 bits per heavy atom. The zero-order chi connectivity index (χ0) is 21.2. The molecule has 3 nitrogen and oxygen atoms in total. The van der Waals surface area contributed by atoms with Crippen LogP contribution in [-0.2, 0) is 0 Å². The maximum absolute atomic E-state index is 6.63.